The zero-order valence-corrected chi connectivity index (χ0v) is 23.3. The number of phosphoric ester groups is 1. The Kier molecular flexibility index (Phi) is 22.2. The maximum atomic E-state index is 11.7. The molecule has 0 aliphatic heterocycles. The van der Waals surface area contributed by atoms with E-state index in [0.717, 1.165) is 19.3 Å². The van der Waals surface area contributed by atoms with Gasteiger partial charge in [0.1, 0.15) is 13.2 Å². The SMILES string of the molecule is C=CCCCCCCCCCCCCCCCCCCCCOP(=O)([O-])OCC[N+](C)(C)C. The van der Waals surface area contributed by atoms with Gasteiger partial charge in [0.05, 0.1) is 27.7 Å². The first-order chi connectivity index (χ1) is 15.8. The van der Waals surface area contributed by atoms with Gasteiger partial charge in [-0.05, 0) is 19.3 Å². The molecular formula is C27H56NO4P. The second-order valence-electron chi connectivity index (χ2n) is 10.6. The van der Waals surface area contributed by atoms with E-state index < -0.39 is 7.82 Å². The van der Waals surface area contributed by atoms with Crippen LogP contribution in [0.3, 0.4) is 0 Å². The van der Waals surface area contributed by atoms with Crippen LogP contribution in [0.1, 0.15) is 122 Å². The van der Waals surface area contributed by atoms with E-state index in [4.69, 9.17) is 9.05 Å². The number of likely N-dealkylation sites (N-methyl/N-ethyl adjacent to an activating group) is 1. The molecule has 0 radical (unpaired) electrons. The van der Waals surface area contributed by atoms with Crippen molar-refractivity contribution in [3.8, 4) is 0 Å². The summed E-state index contributed by atoms with van der Waals surface area (Å²) in [6, 6.07) is 0. The lowest BCUT2D eigenvalue weighted by Gasteiger charge is -2.27. The second-order valence-corrected chi connectivity index (χ2v) is 12.0. The highest BCUT2D eigenvalue weighted by molar-refractivity contribution is 7.45. The molecule has 0 aromatic heterocycles. The highest BCUT2D eigenvalue weighted by Crippen LogP contribution is 2.38. The van der Waals surface area contributed by atoms with E-state index in [2.05, 4.69) is 6.58 Å². The number of allylic oxidation sites excluding steroid dienone is 1. The van der Waals surface area contributed by atoms with Gasteiger partial charge in [0.25, 0.3) is 7.82 Å². The molecule has 6 heteroatoms. The van der Waals surface area contributed by atoms with Crippen LogP contribution in [0.2, 0.25) is 0 Å². The Morgan fingerprint density at radius 3 is 1.33 bits per heavy atom. The Morgan fingerprint density at radius 1 is 0.636 bits per heavy atom. The van der Waals surface area contributed by atoms with Crippen LogP contribution in [-0.4, -0.2) is 45.4 Å². The third kappa shape index (κ3) is 27.9. The number of unbranched alkanes of at least 4 members (excludes halogenated alkanes) is 18. The van der Waals surface area contributed by atoms with E-state index in [9.17, 15) is 9.46 Å². The molecule has 0 fully saturated rings. The monoisotopic (exact) mass is 489 g/mol. The van der Waals surface area contributed by atoms with Crippen molar-refractivity contribution >= 4 is 7.82 Å². The van der Waals surface area contributed by atoms with Gasteiger partial charge in [-0.1, -0.05) is 109 Å². The van der Waals surface area contributed by atoms with Gasteiger partial charge in [0.15, 0.2) is 0 Å². The van der Waals surface area contributed by atoms with Gasteiger partial charge in [-0.15, -0.1) is 6.58 Å². The summed E-state index contributed by atoms with van der Waals surface area (Å²) in [5, 5.41) is 0. The summed E-state index contributed by atoms with van der Waals surface area (Å²) in [6.07, 6.45) is 26.7. The summed E-state index contributed by atoms with van der Waals surface area (Å²) in [7, 11) is 1.86. The zero-order chi connectivity index (χ0) is 24.7. The van der Waals surface area contributed by atoms with Gasteiger partial charge in [-0.25, -0.2) is 0 Å². The molecule has 0 aromatic carbocycles. The van der Waals surface area contributed by atoms with E-state index in [1.165, 1.54) is 103 Å². The smallest absolute Gasteiger partial charge is 0.268 e. The number of phosphoric acid groups is 1. The fourth-order valence-electron chi connectivity index (χ4n) is 3.86. The quantitative estimate of drug-likeness (QED) is 0.0538. The number of hydrogen-bond acceptors (Lipinski definition) is 4. The molecule has 0 bridgehead atoms. The predicted octanol–water partition coefficient (Wildman–Crippen LogP) is 7.79. The van der Waals surface area contributed by atoms with E-state index in [0.29, 0.717) is 11.0 Å². The largest absolute Gasteiger partial charge is 0.756 e. The van der Waals surface area contributed by atoms with Crippen LogP contribution in [0, 0.1) is 0 Å². The van der Waals surface area contributed by atoms with Crippen molar-refractivity contribution in [1.29, 1.82) is 0 Å². The van der Waals surface area contributed by atoms with Crippen LogP contribution in [0.4, 0.5) is 0 Å². The third-order valence-electron chi connectivity index (χ3n) is 6.06. The van der Waals surface area contributed by atoms with Crippen LogP contribution >= 0.6 is 7.82 Å². The Bertz CT molecular complexity index is 479. The molecule has 0 rings (SSSR count). The lowest BCUT2D eigenvalue weighted by atomic mass is 10.0. The van der Waals surface area contributed by atoms with Crippen molar-refractivity contribution < 1.29 is 23.0 Å². The van der Waals surface area contributed by atoms with Gasteiger partial charge >= 0.3 is 0 Å². The summed E-state index contributed by atoms with van der Waals surface area (Å²) < 4.78 is 22.2. The van der Waals surface area contributed by atoms with Crippen molar-refractivity contribution in [3.63, 3.8) is 0 Å². The molecule has 0 saturated carbocycles. The minimum Gasteiger partial charge on any atom is -0.756 e. The molecule has 5 nitrogen and oxygen atoms in total. The first-order valence-electron chi connectivity index (χ1n) is 13.8. The zero-order valence-electron chi connectivity index (χ0n) is 22.4. The molecule has 0 aromatic rings. The van der Waals surface area contributed by atoms with Crippen LogP contribution in [0.15, 0.2) is 12.7 Å². The Hall–Kier alpha value is -0.190. The fourth-order valence-corrected chi connectivity index (χ4v) is 4.59. The van der Waals surface area contributed by atoms with Gasteiger partial charge in [0.2, 0.25) is 0 Å². The standard InChI is InChI=1S/C27H56NO4P/c1-5-6-7-8-9-10-11-12-13-14-15-16-17-18-19-20-21-22-23-24-26-31-33(29,30)32-27-25-28(2,3)4/h5H,1,6-27H2,2-4H3. The number of hydrogen-bond donors (Lipinski definition) is 0. The van der Waals surface area contributed by atoms with Crippen molar-refractivity contribution in [2.24, 2.45) is 0 Å². The molecule has 0 spiro atoms. The Morgan fingerprint density at radius 2 is 0.970 bits per heavy atom. The average molecular weight is 490 g/mol. The molecule has 1 unspecified atom stereocenters. The predicted molar refractivity (Wildman–Crippen MR) is 140 cm³/mol. The topological polar surface area (TPSA) is 58.6 Å². The summed E-state index contributed by atoms with van der Waals surface area (Å²) in [4.78, 5) is 11.7. The maximum absolute atomic E-state index is 11.7. The van der Waals surface area contributed by atoms with Crippen LogP contribution in [-0.2, 0) is 13.6 Å². The molecule has 198 valence electrons. The summed E-state index contributed by atoms with van der Waals surface area (Å²) >= 11 is 0. The number of nitrogens with zero attached hydrogens (tertiary/aromatic N) is 1. The molecule has 33 heavy (non-hydrogen) atoms. The van der Waals surface area contributed by atoms with Gasteiger partial charge in [-0.2, -0.15) is 0 Å². The normalized spacial score (nSPS) is 13.8. The molecule has 0 aliphatic rings. The Labute approximate surface area is 206 Å². The third-order valence-corrected chi connectivity index (χ3v) is 7.06. The maximum Gasteiger partial charge on any atom is 0.268 e. The van der Waals surface area contributed by atoms with E-state index in [1.54, 1.807) is 0 Å². The molecule has 0 amide bonds. The highest BCUT2D eigenvalue weighted by Gasteiger charge is 2.12. The van der Waals surface area contributed by atoms with Gasteiger partial charge in [0, 0.05) is 0 Å². The van der Waals surface area contributed by atoms with E-state index >= 15 is 0 Å². The van der Waals surface area contributed by atoms with Crippen molar-refractivity contribution in [1.82, 2.24) is 0 Å². The lowest BCUT2D eigenvalue weighted by Crippen LogP contribution is -2.37. The molecule has 0 N–H and O–H groups in total. The van der Waals surface area contributed by atoms with Gasteiger partial charge < -0.3 is 18.4 Å². The molecule has 0 heterocycles. The summed E-state index contributed by atoms with van der Waals surface area (Å²) in [5.41, 5.74) is 0. The molecule has 0 aliphatic carbocycles. The minimum absolute atomic E-state index is 0.168. The molecule has 0 saturated heterocycles. The number of rotatable bonds is 26. The summed E-state index contributed by atoms with van der Waals surface area (Å²) in [6.45, 7) is 4.81. The lowest BCUT2D eigenvalue weighted by molar-refractivity contribution is -0.870. The van der Waals surface area contributed by atoms with Crippen molar-refractivity contribution in [2.45, 2.75) is 122 Å². The van der Waals surface area contributed by atoms with Crippen molar-refractivity contribution in [2.75, 3.05) is 40.9 Å². The highest BCUT2D eigenvalue weighted by atomic mass is 31.2. The van der Waals surface area contributed by atoms with E-state index in [-0.39, 0.29) is 13.2 Å². The van der Waals surface area contributed by atoms with Gasteiger partial charge in [-0.3, -0.25) is 4.57 Å². The van der Waals surface area contributed by atoms with Crippen molar-refractivity contribution in [3.05, 3.63) is 12.7 Å². The van der Waals surface area contributed by atoms with E-state index in [1.807, 2.05) is 27.2 Å². The minimum atomic E-state index is -4.14. The molecular weight excluding hydrogens is 433 g/mol. The fraction of sp³-hybridized carbons (Fsp3) is 0.926. The second kappa shape index (κ2) is 22.3. The van der Waals surface area contributed by atoms with Crippen LogP contribution in [0.25, 0.3) is 0 Å². The Balaban J connectivity index is 3.24. The number of quaternary nitrogens is 1. The first kappa shape index (κ1) is 32.8. The van der Waals surface area contributed by atoms with Crippen LogP contribution < -0.4 is 4.89 Å². The average Bonchev–Trinajstić information content (AvgIpc) is 2.73. The summed E-state index contributed by atoms with van der Waals surface area (Å²) in [5.74, 6) is 0. The first-order valence-corrected chi connectivity index (χ1v) is 15.2. The van der Waals surface area contributed by atoms with Crippen LogP contribution in [0.5, 0.6) is 0 Å². The molecule has 1 atom stereocenters.